The molecule has 1 aromatic heterocycles. The zero-order chi connectivity index (χ0) is 21.2. The number of piperidine rings is 1. The lowest BCUT2D eigenvalue weighted by molar-refractivity contribution is -0.157. The number of ether oxygens (including phenoxy) is 3. The van der Waals surface area contributed by atoms with Crippen LogP contribution in [-0.2, 0) is 6.18 Å². The Morgan fingerprint density at radius 2 is 1.86 bits per heavy atom. The lowest BCUT2D eigenvalue weighted by Crippen LogP contribution is -2.39. The van der Waals surface area contributed by atoms with Crippen molar-refractivity contribution >= 4 is 5.91 Å². The largest absolute Gasteiger partial charge is 0.493 e. The Morgan fingerprint density at radius 1 is 1.14 bits per heavy atom. The van der Waals surface area contributed by atoms with Gasteiger partial charge in [0.15, 0.2) is 11.5 Å². The molecule has 1 aliphatic heterocycles. The van der Waals surface area contributed by atoms with E-state index in [0.29, 0.717) is 25.1 Å². The standard InChI is InChI=1S/C18H20F3N3O5/c1-26-12-7-6-11(13(27-2)14(12)28-3)16(25)24-8-4-5-10(9-24)15-22-23-17(29-15)18(19,20)21/h6-7,10H,4-5,8-9H2,1-3H3. The second-order valence-electron chi connectivity index (χ2n) is 6.42. The molecular weight excluding hydrogens is 395 g/mol. The fraction of sp³-hybridized carbons (Fsp3) is 0.500. The van der Waals surface area contributed by atoms with E-state index in [4.69, 9.17) is 18.6 Å². The van der Waals surface area contributed by atoms with Gasteiger partial charge in [-0.2, -0.15) is 13.2 Å². The van der Waals surface area contributed by atoms with Gasteiger partial charge in [0, 0.05) is 13.1 Å². The SMILES string of the molecule is COc1ccc(C(=O)N2CCCC(c3nnc(C(F)(F)F)o3)C2)c(OC)c1OC. The predicted octanol–water partition coefficient (Wildman–Crippen LogP) is 3.13. The molecule has 0 bridgehead atoms. The van der Waals surface area contributed by atoms with E-state index in [1.54, 1.807) is 12.1 Å². The van der Waals surface area contributed by atoms with Crippen molar-refractivity contribution in [2.45, 2.75) is 24.9 Å². The molecule has 1 fully saturated rings. The second kappa shape index (κ2) is 8.18. The van der Waals surface area contributed by atoms with Crippen LogP contribution in [0, 0.1) is 0 Å². The molecule has 1 aliphatic rings. The molecule has 1 unspecified atom stereocenters. The lowest BCUT2D eigenvalue weighted by Gasteiger charge is -2.31. The van der Waals surface area contributed by atoms with Gasteiger partial charge in [0.05, 0.1) is 32.8 Å². The molecule has 1 atom stereocenters. The third-order valence-electron chi connectivity index (χ3n) is 4.68. The minimum absolute atomic E-state index is 0.130. The maximum Gasteiger partial charge on any atom is 0.470 e. The summed E-state index contributed by atoms with van der Waals surface area (Å²) >= 11 is 0. The van der Waals surface area contributed by atoms with E-state index in [2.05, 4.69) is 10.2 Å². The predicted molar refractivity (Wildman–Crippen MR) is 93.3 cm³/mol. The molecule has 0 radical (unpaired) electrons. The molecule has 3 rings (SSSR count). The van der Waals surface area contributed by atoms with Crippen LogP contribution >= 0.6 is 0 Å². The molecular formula is C18H20F3N3O5. The van der Waals surface area contributed by atoms with Gasteiger partial charge in [-0.25, -0.2) is 0 Å². The Labute approximate surface area is 164 Å². The third kappa shape index (κ3) is 4.08. The summed E-state index contributed by atoms with van der Waals surface area (Å²) in [7, 11) is 4.30. The van der Waals surface area contributed by atoms with Crippen molar-refractivity contribution in [3.63, 3.8) is 0 Å². The first kappa shape index (κ1) is 20.7. The number of rotatable bonds is 5. The molecule has 2 heterocycles. The van der Waals surface area contributed by atoms with Gasteiger partial charge in [0.1, 0.15) is 0 Å². The van der Waals surface area contributed by atoms with Crippen LogP contribution in [0.5, 0.6) is 17.2 Å². The highest BCUT2D eigenvalue weighted by atomic mass is 19.4. The fourth-order valence-electron chi connectivity index (χ4n) is 3.32. The van der Waals surface area contributed by atoms with Gasteiger partial charge in [-0.3, -0.25) is 4.79 Å². The van der Waals surface area contributed by atoms with Crippen LogP contribution in [-0.4, -0.2) is 55.4 Å². The number of amides is 1. The molecule has 29 heavy (non-hydrogen) atoms. The minimum Gasteiger partial charge on any atom is -0.493 e. The molecule has 0 N–H and O–H groups in total. The molecule has 1 aromatic carbocycles. The first-order chi connectivity index (χ1) is 13.8. The van der Waals surface area contributed by atoms with Crippen molar-refractivity contribution in [3.8, 4) is 17.2 Å². The third-order valence-corrected chi connectivity index (χ3v) is 4.68. The summed E-state index contributed by atoms with van der Waals surface area (Å²) in [6, 6.07) is 3.14. The van der Waals surface area contributed by atoms with Crippen molar-refractivity contribution < 1.29 is 36.6 Å². The Balaban J connectivity index is 1.84. The quantitative estimate of drug-likeness (QED) is 0.742. The summed E-state index contributed by atoms with van der Waals surface area (Å²) in [5, 5.41) is 6.59. The van der Waals surface area contributed by atoms with Crippen LogP contribution in [0.15, 0.2) is 16.5 Å². The van der Waals surface area contributed by atoms with Crippen LogP contribution < -0.4 is 14.2 Å². The molecule has 1 saturated heterocycles. The number of hydrogen-bond donors (Lipinski definition) is 0. The summed E-state index contributed by atoms with van der Waals surface area (Å²) in [4.78, 5) is 14.6. The first-order valence-corrected chi connectivity index (χ1v) is 8.79. The Bertz CT molecular complexity index is 884. The number of aromatic nitrogens is 2. The van der Waals surface area contributed by atoms with Crippen LogP contribution in [0.4, 0.5) is 13.2 Å². The highest BCUT2D eigenvalue weighted by molar-refractivity contribution is 5.98. The molecule has 0 aliphatic carbocycles. The van der Waals surface area contributed by atoms with E-state index >= 15 is 0 Å². The number of carbonyl (C=O) groups excluding carboxylic acids is 1. The second-order valence-corrected chi connectivity index (χ2v) is 6.42. The molecule has 1 amide bonds. The van der Waals surface area contributed by atoms with Gasteiger partial charge in [-0.05, 0) is 25.0 Å². The van der Waals surface area contributed by atoms with Crippen LogP contribution in [0.2, 0.25) is 0 Å². The maximum absolute atomic E-state index is 13.1. The number of alkyl halides is 3. The fourth-order valence-corrected chi connectivity index (χ4v) is 3.32. The van der Waals surface area contributed by atoms with Crippen LogP contribution in [0.3, 0.4) is 0 Å². The van der Waals surface area contributed by atoms with Crippen molar-refractivity contribution in [1.82, 2.24) is 15.1 Å². The molecule has 0 spiro atoms. The Kier molecular flexibility index (Phi) is 5.85. The monoisotopic (exact) mass is 415 g/mol. The van der Waals surface area contributed by atoms with Crippen molar-refractivity contribution in [1.29, 1.82) is 0 Å². The van der Waals surface area contributed by atoms with Crippen molar-refractivity contribution in [2.75, 3.05) is 34.4 Å². The van der Waals surface area contributed by atoms with E-state index < -0.39 is 18.0 Å². The smallest absolute Gasteiger partial charge is 0.470 e. The van der Waals surface area contributed by atoms with Gasteiger partial charge < -0.3 is 23.5 Å². The summed E-state index contributed by atoms with van der Waals surface area (Å²) < 4.78 is 58.8. The highest BCUT2D eigenvalue weighted by Crippen LogP contribution is 2.41. The van der Waals surface area contributed by atoms with Gasteiger partial charge in [-0.1, -0.05) is 0 Å². The van der Waals surface area contributed by atoms with E-state index in [1.165, 1.54) is 26.2 Å². The van der Waals surface area contributed by atoms with Gasteiger partial charge in [0.25, 0.3) is 5.91 Å². The van der Waals surface area contributed by atoms with E-state index in [1.807, 2.05) is 0 Å². The number of hydrogen-bond acceptors (Lipinski definition) is 7. The van der Waals surface area contributed by atoms with Gasteiger partial charge >= 0.3 is 12.1 Å². The van der Waals surface area contributed by atoms with Crippen molar-refractivity contribution in [3.05, 3.63) is 29.5 Å². The number of benzene rings is 1. The summed E-state index contributed by atoms with van der Waals surface area (Å²) in [6.45, 7) is 0.586. The number of halogens is 3. The lowest BCUT2D eigenvalue weighted by atomic mass is 9.97. The summed E-state index contributed by atoms with van der Waals surface area (Å²) in [5.41, 5.74) is 0.257. The van der Waals surface area contributed by atoms with Gasteiger partial charge in [0.2, 0.25) is 11.6 Å². The zero-order valence-corrected chi connectivity index (χ0v) is 16.1. The molecule has 2 aromatic rings. The topological polar surface area (TPSA) is 86.9 Å². The van der Waals surface area contributed by atoms with Crippen LogP contribution in [0.25, 0.3) is 0 Å². The Morgan fingerprint density at radius 3 is 2.45 bits per heavy atom. The maximum atomic E-state index is 13.1. The van der Waals surface area contributed by atoms with Crippen molar-refractivity contribution in [2.24, 2.45) is 0 Å². The number of methoxy groups -OCH3 is 3. The van der Waals surface area contributed by atoms with Gasteiger partial charge in [-0.15, -0.1) is 10.2 Å². The number of carbonyl (C=O) groups is 1. The molecule has 0 saturated carbocycles. The Hall–Kier alpha value is -2.98. The number of likely N-dealkylation sites (tertiary alicyclic amines) is 1. The van der Waals surface area contributed by atoms with E-state index in [9.17, 15) is 18.0 Å². The number of nitrogens with zero attached hydrogens (tertiary/aromatic N) is 3. The average Bonchev–Trinajstić information content (AvgIpc) is 3.23. The average molecular weight is 415 g/mol. The zero-order valence-electron chi connectivity index (χ0n) is 16.1. The van der Waals surface area contributed by atoms with E-state index in [-0.39, 0.29) is 35.4 Å². The van der Waals surface area contributed by atoms with Crippen LogP contribution in [0.1, 0.15) is 40.9 Å². The first-order valence-electron chi connectivity index (χ1n) is 8.79. The summed E-state index contributed by atoms with van der Waals surface area (Å²) in [5.74, 6) is -1.45. The minimum atomic E-state index is -4.71. The molecule has 8 nitrogen and oxygen atoms in total. The molecule has 158 valence electrons. The highest BCUT2D eigenvalue weighted by Gasteiger charge is 2.39. The normalized spacial score (nSPS) is 17.2. The van der Waals surface area contributed by atoms with E-state index in [0.717, 1.165) is 0 Å². The molecule has 11 heteroatoms. The summed E-state index contributed by atoms with van der Waals surface area (Å²) in [6.07, 6.45) is -3.59.